The van der Waals surface area contributed by atoms with Crippen LogP contribution in [0.15, 0.2) is 24.3 Å². The molecule has 1 unspecified atom stereocenters. The molecule has 0 radical (unpaired) electrons. The Morgan fingerprint density at radius 1 is 1.29 bits per heavy atom. The lowest BCUT2D eigenvalue weighted by molar-refractivity contribution is 0.526. The Kier molecular flexibility index (Phi) is 7.74. The Hall–Kier alpha value is -0.180. The predicted molar refractivity (Wildman–Crippen MR) is 80.0 cm³/mol. The first-order valence-electron chi connectivity index (χ1n) is 6.28. The molecule has 0 heterocycles. The summed E-state index contributed by atoms with van der Waals surface area (Å²) in [5.74, 6) is 2.32. The molecule has 0 saturated carbocycles. The van der Waals surface area contributed by atoms with Gasteiger partial charge in [-0.15, -0.1) is 0 Å². The highest BCUT2D eigenvalue weighted by molar-refractivity contribution is 7.98. The van der Waals surface area contributed by atoms with Crippen molar-refractivity contribution in [2.24, 2.45) is 0 Å². The minimum atomic E-state index is 0.649. The molecule has 1 rings (SSSR count). The van der Waals surface area contributed by atoms with E-state index in [4.69, 9.17) is 11.6 Å². The van der Waals surface area contributed by atoms with Crippen LogP contribution < -0.4 is 5.32 Å². The summed E-state index contributed by atoms with van der Waals surface area (Å²) < 4.78 is 0. The van der Waals surface area contributed by atoms with Crippen LogP contribution in [-0.2, 0) is 5.75 Å². The summed E-state index contributed by atoms with van der Waals surface area (Å²) in [7, 11) is 0. The van der Waals surface area contributed by atoms with E-state index >= 15 is 0 Å². The Labute approximate surface area is 114 Å². The fraction of sp³-hybridized carbons (Fsp3) is 0.571. The van der Waals surface area contributed by atoms with Gasteiger partial charge in [-0.3, -0.25) is 0 Å². The van der Waals surface area contributed by atoms with E-state index in [-0.39, 0.29) is 0 Å². The number of thioether (sulfide) groups is 1. The third-order valence-electron chi connectivity index (χ3n) is 2.66. The lowest BCUT2D eigenvalue weighted by Gasteiger charge is -2.11. The number of nitrogens with one attached hydrogen (secondary N) is 1. The second kappa shape index (κ2) is 8.84. The molecule has 0 amide bonds. The molecule has 3 heteroatoms. The van der Waals surface area contributed by atoms with Gasteiger partial charge < -0.3 is 5.32 Å². The molecule has 0 aliphatic heterocycles. The highest BCUT2D eigenvalue weighted by Gasteiger charge is 1.99. The van der Waals surface area contributed by atoms with E-state index in [1.165, 1.54) is 24.2 Å². The molecule has 96 valence electrons. The highest BCUT2D eigenvalue weighted by atomic mass is 35.5. The monoisotopic (exact) mass is 271 g/mol. The van der Waals surface area contributed by atoms with Crippen LogP contribution in [0, 0.1) is 0 Å². The van der Waals surface area contributed by atoms with Crippen molar-refractivity contribution in [3.63, 3.8) is 0 Å². The molecule has 1 atom stereocenters. The van der Waals surface area contributed by atoms with Crippen LogP contribution in [0.3, 0.4) is 0 Å². The molecule has 0 aromatic heterocycles. The van der Waals surface area contributed by atoms with Crippen molar-refractivity contribution in [3.8, 4) is 0 Å². The summed E-state index contributed by atoms with van der Waals surface area (Å²) in [5, 5.41) is 4.25. The maximum absolute atomic E-state index is 5.85. The Balaban J connectivity index is 2.06. The maximum Gasteiger partial charge on any atom is 0.0406 e. The van der Waals surface area contributed by atoms with Gasteiger partial charge >= 0.3 is 0 Å². The van der Waals surface area contributed by atoms with Gasteiger partial charge in [0.15, 0.2) is 0 Å². The van der Waals surface area contributed by atoms with Gasteiger partial charge in [0, 0.05) is 16.8 Å². The maximum atomic E-state index is 5.85. The zero-order valence-electron chi connectivity index (χ0n) is 10.7. The standard InChI is InChI=1S/C14H22ClNS/c1-3-16-12(2)5-4-10-17-11-13-6-8-14(15)9-7-13/h6-9,12,16H,3-5,10-11H2,1-2H3. The molecule has 0 bridgehead atoms. The summed E-state index contributed by atoms with van der Waals surface area (Å²) in [6.45, 7) is 5.48. The Morgan fingerprint density at radius 3 is 2.65 bits per heavy atom. The van der Waals surface area contributed by atoms with Crippen molar-refractivity contribution < 1.29 is 0 Å². The van der Waals surface area contributed by atoms with Crippen LogP contribution in [0.4, 0.5) is 0 Å². The largest absolute Gasteiger partial charge is 0.315 e. The quantitative estimate of drug-likeness (QED) is 0.706. The third kappa shape index (κ3) is 6.97. The molecule has 1 N–H and O–H groups in total. The summed E-state index contributed by atoms with van der Waals surface area (Å²) in [5.41, 5.74) is 1.36. The van der Waals surface area contributed by atoms with Gasteiger partial charge in [0.1, 0.15) is 0 Å². The fourth-order valence-corrected chi connectivity index (χ4v) is 2.78. The van der Waals surface area contributed by atoms with Crippen molar-refractivity contribution in [1.82, 2.24) is 5.32 Å². The number of hydrogen-bond donors (Lipinski definition) is 1. The molecule has 17 heavy (non-hydrogen) atoms. The average Bonchev–Trinajstić information content (AvgIpc) is 2.31. The van der Waals surface area contributed by atoms with Crippen LogP contribution in [0.2, 0.25) is 5.02 Å². The van der Waals surface area contributed by atoms with Gasteiger partial charge in [0.05, 0.1) is 0 Å². The van der Waals surface area contributed by atoms with Crippen LogP contribution in [0.5, 0.6) is 0 Å². The van der Waals surface area contributed by atoms with E-state index in [9.17, 15) is 0 Å². The summed E-state index contributed by atoms with van der Waals surface area (Å²) in [6, 6.07) is 8.79. The normalized spacial score (nSPS) is 12.6. The lowest BCUT2D eigenvalue weighted by atomic mass is 10.2. The van der Waals surface area contributed by atoms with Gasteiger partial charge in [-0.2, -0.15) is 11.8 Å². The van der Waals surface area contributed by atoms with Crippen molar-refractivity contribution in [2.45, 2.75) is 38.5 Å². The molecule has 1 aromatic rings. The topological polar surface area (TPSA) is 12.0 Å². The Morgan fingerprint density at radius 2 is 2.00 bits per heavy atom. The first-order chi connectivity index (χ1) is 8.22. The van der Waals surface area contributed by atoms with E-state index in [0.29, 0.717) is 6.04 Å². The summed E-state index contributed by atoms with van der Waals surface area (Å²) in [6.07, 6.45) is 2.55. The molecule has 0 fully saturated rings. The van der Waals surface area contributed by atoms with E-state index in [2.05, 4.69) is 31.3 Å². The number of hydrogen-bond acceptors (Lipinski definition) is 2. The van der Waals surface area contributed by atoms with Crippen molar-refractivity contribution in [3.05, 3.63) is 34.9 Å². The van der Waals surface area contributed by atoms with Crippen LogP contribution >= 0.6 is 23.4 Å². The summed E-state index contributed by atoms with van der Waals surface area (Å²) >= 11 is 7.85. The van der Waals surface area contributed by atoms with Gasteiger partial charge in [-0.1, -0.05) is 30.7 Å². The van der Waals surface area contributed by atoms with Crippen LogP contribution in [0.25, 0.3) is 0 Å². The third-order valence-corrected chi connectivity index (χ3v) is 4.03. The van der Waals surface area contributed by atoms with Gasteiger partial charge in [-0.05, 0) is 49.8 Å². The molecule has 0 spiro atoms. The minimum absolute atomic E-state index is 0.649. The number of rotatable bonds is 8. The van der Waals surface area contributed by atoms with Crippen molar-refractivity contribution in [1.29, 1.82) is 0 Å². The first kappa shape index (κ1) is 14.9. The van der Waals surface area contributed by atoms with Crippen molar-refractivity contribution >= 4 is 23.4 Å². The molecular formula is C14H22ClNS. The second-order valence-corrected chi connectivity index (χ2v) is 5.82. The predicted octanol–water partition coefficient (Wildman–Crippen LogP) is 4.35. The Bertz CT molecular complexity index is 300. The van der Waals surface area contributed by atoms with Gasteiger partial charge in [0.2, 0.25) is 0 Å². The molecule has 0 aliphatic carbocycles. The zero-order chi connectivity index (χ0) is 12.5. The van der Waals surface area contributed by atoms with E-state index in [1.807, 2.05) is 23.9 Å². The smallest absolute Gasteiger partial charge is 0.0406 e. The highest BCUT2D eigenvalue weighted by Crippen LogP contribution is 2.16. The molecule has 1 nitrogen and oxygen atoms in total. The molecule has 0 aliphatic rings. The zero-order valence-corrected chi connectivity index (χ0v) is 12.3. The van der Waals surface area contributed by atoms with E-state index < -0.39 is 0 Å². The van der Waals surface area contributed by atoms with Crippen LogP contribution in [0.1, 0.15) is 32.3 Å². The fourth-order valence-electron chi connectivity index (χ4n) is 1.71. The van der Waals surface area contributed by atoms with Crippen LogP contribution in [-0.4, -0.2) is 18.3 Å². The SMILES string of the molecule is CCNC(C)CCCSCc1ccc(Cl)cc1. The minimum Gasteiger partial charge on any atom is -0.315 e. The summed E-state index contributed by atoms with van der Waals surface area (Å²) in [4.78, 5) is 0. The first-order valence-corrected chi connectivity index (χ1v) is 7.81. The number of benzene rings is 1. The molecular weight excluding hydrogens is 250 g/mol. The van der Waals surface area contributed by atoms with Gasteiger partial charge in [-0.25, -0.2) is 0 Å². The molecule has 1 aromatic carbocycles. The molecule has 0 saturated heterocycles. The van der Waals surface area contributed by atoms with E-state index in [1.54, 1.807) is 0 Å². The number of halogens is 1. The second-order valence-electron chi connectivity index (χ2n) is 4.28. The lowest BCUT2D eigenvalue weighted by Crippen LogP contribution is -2.25. The van der Waals surface area contributed by atoms with Crippen molar-refractivity contribution in [2.75, 3.05) is 12.3 Å². The average molecular weight is 272 g/mol. The van der Waals surface area contributed by atoms with E-state index in [0.717, 1.165) is 17.3 Å². The van der Waals surface area contributed by atoms with Gasteiger partial charge in [0.25, 0.3) is 0 Å².